The summed E-state index contributed by atoms with van der Waals surface area (Å²) in [6.45, 7) is 8.62. The number of aromatic nitrogens is 3. The number of fused-ring (bicyclic) bond motifs is 1. The first-order chi connectivity index (χ1) is 23.1. The summed E-state index contributed by atoms with van der Waals surface area (Å²) in [5.74, 6) is 1.18. The second kappa shape index (κ2) is 13.4. The van der Waals surface area contributed by atoms with Crippen molar-refractivity contribution in [1.29, 1.82) is 5.26 Å². The van der Waals surface area contributed by atoms with Gasteiger partial charge in [0.15, 0.2) is 0 Å². The van der Waals surface area contributed by atoms with Crippen LogP contribution in [0.1, 0.15) is 39.7 Å². The van der Waals surface area contributed by atoms with Crippen LogP contribution in [0, 0.1) is 11.3 Å². The van der Waals surface area contributed by atoms with Crippen LogP contribution in [0.5, 0.6) is 11.5 Å². The zero-order chi connectivity index (χ0) is 34.0. The van der Waals surface area contributed by atoms with Crippen LogP contribution in [0.15, 0.2) is 83.3 Å². The van der Waals surface area contributed by atoms with E-state index in [2.05, 4.69) is 11.1 Å². The van der Waals surface area contributed by atoms with Crippen molar-refractivity contribution in [2.75, 3.05) is 45.0 Å². The highest BCUT2D eigenvalue weighted by Gasteiger charge is 2.35. The molecule has 0 bridgehead atoms. The number of para-hydroxylation sites is 1. The van der Waals surface area contributed by atoms with Gasteiger partial charge in [-0.2, -0.15) is 5.26 Å². The van der Waals surface area contributed by atoms with Gasteiger partial charge in [0.1, 0.15) is 34.5 Å². The Kier molecular flexibility index (Phi) is 9.06. The van der Waals surface area contributed by atoms with Gasteiger partial charge in [-0.1, -0.05) is 18.2 Å². The molecule has 0 radical (unpaired) electrons. The van der Waals surface area contributed by atoms with Gasteiger partial charge >= 0.3 is 5.69 Å². The molecular formula is C36H40N8O4. The lowest BCUT2D eigenvalue weighted by Crippen LogP contribution is -2.56. The van der Waals surface area contributed by atoms with E-state index >= 15 is 0 Å². The maximum atomic E-state index is 14.2. The van der Waals surface area contributed by atoms with E-state index in [4.69, 9.17) is 10.5 Å². The summed E-state index contributed by atoms with van der Waals surface area (Å²) >= 11 is 0. The Morgan fingerprint density at radius 3 is 2.48 bits per heavy atom. The highest BCUT2D eigenvalue weighted by atomic mass is 16.5. The minimum atomic E-state index is -0.692. The number of hydrogen-bond acceptors (Lipinski definition) is 8. The fourth-order valence-electron chi connectivity index (χ4n) is 6.71. The molecule has 0 aliphatic carbocycles. The zero-order valence-corrected chi connectivity index (χ0v) is 27.5. The summed E-state index contributed by atoms with van der Waals surface area (Å²) < 4.78 is 9.18. The quantitative estimate of drug-likeness (QED) is 0.222. The lowest BCUT2D eigenvalue weighted by Gasteiger charge is -2.42. The third-order valence-corrected chi connectivity index (χ3v) is 9.30. The fraction of sp³-hybridized carbons (Fsp3) is 0.361. The molecule has 4 aromatic rings. The summed E-state index contributed by atoms with van der Waals surface area (Å²) in [6, 6.07) is 20.1. The van der Waals surface area contributed by atoms with E-state index in [0.29, 0.717) is 67.2 Å². The molecule has 248 valence electrons. The predicted octanol–water partition coefficient (Wildman–Crippen LogP) is 4.12. The minimum absolute atomic E-state index is 0.0204. The number of benzene rings is 2. The van der Waals surface area contributed by atoms with Gasteiger partial charge in [0, 0.05) is 44.5 Å². The molecule has 2 aliphatic rings. The van der Waals surface area contributed by atoms with Crippen molar-refractivity contribution in [3.05, 3.63) is 89.0 Å². The number of pyridine rings is 1. The van der Waals surface area contributed by atoms with Gasteiger partial charge in [-0.15, -0.1) is 0 Å². The van der Waals surface area contributed by atoms with Crippen LogP contribution in [-0.4, -0.2) is 85.4 Å². The molecule has 48 heavy (non-hydrogen) atoms. The number of likely N-dealkylation sites (tertiary alicyclic amines) is 1. The van der Waals surface area contributed by atoms with Gasteiger partial charge in [0.05, 0.1) is 23.8 Å². The molecule has 1 unspecified atom stereocenters. The maximum absolute atomic E-state index is 14.2. The Bertz CT molecular complexity index is 1960. The fourth-order valence-corrected chi connectivity index (χ4v) is 6.71. The minimum Gasteiger partial charge on any atom is -0.457 e. The van der Waals surface area contributed by atoms with E-state index in [1.54, 1.807) is 61.5 Å². The third-order valence-electron chi connectivity index (χ3n) is 9.30. The summed E-state index contributed by atoms with van der Waals surface area (Å²) in [4.78, 5) is 50.4. The zero-order valence-electron chi connectivity index (χ0n) is 27.5. The summed E-state index contributed by atoms with van der Waals surface area (Å²) in [5, 5.41) is 10.1. The van der Waals surface area contributed by atoms with Gasteiger partial charge in [-0.25, -0.2) is 9.78 Å². The largest absolute Gasteiger partial charge is 0.457 e. The van der Waals surface area contributed by atoms with Gasteiger partial charge in [-0.3, -0.25) is 23.6 Å². The molecule has 6 rings (SSSR count). The van der Waals surface area contributed by atoms with E-state index in [1.165, 1.54) is 0 Å². The lowest BCUT2D eigenvalue weighted by molar-refractivity contribution is -0.137. The standard InChI is InChI=1S/C36H40N8O4/c1-4-40-19-20-42(24-31(40)45)36(2,3)21-25(22-37)34(46)41-18-8-9-27(23-41)43-30-16-17-39-33(38)32(30)44(35(43)47)26-12-14-29(15-13-26)48-28-10-6-5-7-11-28/h5-7,10-17,21,27H,4,8-9,18-20,23-24H2,1-3H3,(H2,38,39). The first-order valence-corrected chi connectivity index (χ1v) is 16.3. The molecular weight excluding hydrogens is 608 g/mol. The van der Waals surface area contributed by atoms with Crippen LogP contribution in [0.4, 0.5) is 5.82 Å². The third kappa shape index (κ3) is 6.29. The van der Waals surface area contributed by atoms with Crippen LogP contribution in [-0.2, 0) is 9.59 Å². The number of piperazine rings is 1. The number of rotatable bonds is 8. The lowest BCUT2D eigenvalue weighted by atomic mass is 9.96. The van der Waals surface area contributed by atoms with Crippen molar-refractivity contribution in [3.63, 3.8) is 0 Å². The van der Waals surface area contributed by atoms with Gasteiger partial charge in [0.2, 0.25) is 5.91 Å². The van der Waals surface area contributed by atoms with Gasteiger partial charge < -0.3 is 20.3 Å². The van der Waals surface area contributed by atoms with Crippen molar-refractivity contribution in [2.24, 2.45) is 0 Å². The number of carbonyl (C=O) groups is 2. The average Bonchev–Trinajstić information content (AvgIpc) is 3.40. The molecule has 4 heterocycles. The Morgan fingerprint density at radius 2 is 1.79 bits per heavy atom. The number of likely N-dealkylation sites (N-methyl/N-ethyl adjacent to an activating group) is 1. The highest BCUT2D eigenvalue weighted by Crippen LogP contribution is 2.30. The number of ether oxygens (including phenoxy) is 1. The number of carbonyl (C=O) groups excluding carboxylic acids is 2. The van der Waals surface area contributed by atoms with E-state index in [1.807, 2.05) is 56.0 Å². The van der Waals surface area contributed by atoms with Crippen LogP contribution in [0.2, 0.25) is 0 Å². The number of anilines is 1. The number of hydrogen-bond donors (Lipinski definition) is 1. The molecule has 2 amide bonds. The number of nitrogens with zero attached hydrogens (tertiary/aromatic N) is 7. The summed E-state index contributed by atoms with van der Waals surface area (Å²) in [7, 11) is 0. The normalized spacial score (nSPS) is 17.8. The second-order valence-corrected chi connectivity index (χ2v) is 12.7. The highest BCUT2D eigenvalue weighted by molar-refractivity contribution is 5.97. The van der Waals surface area contributed by atoms with Crippen LogP contribution in [0.25, 0.3) is 16.7 Å². The Morgan fingerprint density at radius 1 is 1.06 bits per heavy atom. The first kappa shape index (κ1) is 32.5. The molecule has 2 N–H and O–H groups in total. The van der Waals surface area contributed by atoms with Crippen molar-refractivity contribution in [1.82, 2.24) is 28.8 Å². The SMILES string of the molecule is CCN1CCN(C(C)(C)C=C(C#N)C(=O)N2CCCC(n3c(=O)n(-c4ccc(Oc5ccccc5)cc4)c4c(N)nccc43)C2)CC1=O. The van der Waals surface area contributed by atoms with Crippen molar-refractivity contribution >= 4 is 28.7 Å². The van der Waals surface area contributed by atoms with Crippen molar-refractivity contribution in [3.8, 4) is 23.3 Å². The number of nitriles is 1. The smallest absolute Gasteiger partial charge is 0.334 e. The molecule has 2 aromatic carbocycles. The first-order valence-electron chi connectivity index (χ1n) is 16.3. The molecule has 0 spiro atoms. The Labute approximate surface area is 279 Å². The molecule has 2 aliphatic heterocycles. The van der Waals surface area contributed by atoms with Crippen molar-refractivity contribution in [2.45, 2.75) is 45.2 Å². The topological polar surface area (TPSA) is 143 Å². The molecule has 12 nitrogen and oxygen atoms in total. The number of piperidine rings is 1. The number of imidazole rings is 1. The van der Waals surface area contributed by atoms with Crippen molar-refractivity contribution < 1.29 is 14.3 Å². The van der Waals surface area contributed by atoms with E-state index in [-0.39, 0.29) is 48.0 Å². The van der Waals surface area contributed by atoms with Gasteiger partial charge in [0.25, 0.3) is 5.91 Å². The predicted molar refractivity (Wildman–Crippen MR) is 183 cm³/mol. The molecule has 1 atom stereocenters. The molecule has 0 saturated carbocycles. The molecule has 12 heteroatoms. The second-order valence-electron chi connectivity index (χ2n) is 12.7. The van der Waals surface area contributed by atoms with Crippen LogP contribution >= 0.6 is 0 Å². The summed E-state index contributed by atoms with van der Waals surface area (Å²) in [6.07, 6.45) is 4.56. The summed E-state index contributed by atoms with van der Waals surface area (Å²) in [5.41, 5.74) is 7.10. The monoisotopic (exact) mass is 648 g/mol. The molecule has 2 fully saturated rings. The van der Waals surface area contributed by atoms with Crippen LogP contribution < -0.4 is 16.2 Å². The molecule has 2 saturated heterocycles. The number of nitrogens with two attached hydrogens (primary N) is 1. The average molecular weight is 649 g/mol. The van der Waals surface area contributed by atoms with Crippen LogP contribution in [0.3, 0.4) is 0 Å². The maximum Gasteiger partial charge on any atom is 0.334 e. The number of nitrogen functional groups attached to an aromatic ring is 1. The molecule has 2 aromatic heterocycles. The Balaban J connectivity index is 1.27. The Hall–Kier alpha value is -5.41. The van der Waals surface area contributed by atoms with E-state index in [9.17, 15) is 19.6 Å². The van der Waals surface area contributed by atoms with Gasteiger partial charge in [-0.05, 0) is 82.2 Å². The van der Waals surface area contributed by atoms with E-state index in [0.717, 1.165) is 0 Å². The number of amides is 2. The van der Waals surface area contributed by atoms with E-state index < -0.39 is 5.54 Å².